The molecule has 0 aromatic rings. The fourth-order valence-corrected chi connectivity index (χ4v) is 2.83. The predicted molar refractivity (Wildman–Crippen MR) is 115 cm³/mol. The molecule has 0 aliphatic heterocycles. The van der Waals surface area contributed by atoms with E-state index < -0.39 is 5.97 Å². The Labute approximate surface area is 176 Å². The molecule has 0 saturated heterocycles. The zero-order valence-corrected chi connectivity index (χ0v) is 18.5. The molecular formula is C21H44N2O6. The van der Waals surface area contributed by atoms with Gasteiger partial charge in [-0.15, -0.1) is 0 Å². The number of unbranched alkanes of at least 4 members (excludes halogenated alkanes) is 8. The first-order valence-electron chi connectivity index (χ1n) is 10.9. The molecule has 0 atom stereocenters. The maximum atomic E-state index is 11.5. The summed E-state index contributed by atoms with van der Waals surface area (Å²) in [5.41, 5.74) is 0. The molecule has 0 rings (SSSR count). The van der Waals surface area contributed by atoms with Crippen LogP contribution >= 0.6 is 0 Å². The van der Waals surface area contributed by atoms with Crippen LogP contribution in [0, 0.1) is 0 Å². The SMILES string of the molecule is CCCCCCCCCCCC(=O)N(C)CC(=O)O.OCCN(CCO)CCO. The monoisotopic (exact) mass is 420 g/mol. The van der Waals surface area contributed by atoms with Crippen molar-refractivity contribution in [3.8, 4) is 0 Å². The number of rotatable bonds is 18. The number of carboxylic acid groups (broad SMARTS) is 1. The van der Waals surface area contributed by atoms with Crippen molar-refractivity contribution in [3.63, 3.8) is 0 Å². The quantitative estimate of drug-likeness (QED) is 0.249. The van der Waals surface area contributed by atoms with Gasteiger partial charge < -0.3 is 25.3 Å². The first-order valence-corrected chi connectivity index (χ1v) is 10.9. The lowest BCUT2D eigenvalue weighted by Gasteiger charge is -2.17. The molecule has 0 radical (unpaired) electrons. The van der Waals surface area contributed by atoms with E-state index in [4.69, 9.17) is 20.4 Å². The van der Waals surface area contributed by atoms with Crippen molar-refractivity contribution in [1.82, 2.24) is 9.80 Å². The molecule has 0 heterocycles. The largest absolute Gasteiger partial charge is 0.480 e. The summed E-state index contributed by atoms with van der Waals surface area (Å²) in [5, 5.41) is 34.0. The van der Waals surface area contributed by atoms with Crippen LogP contribution in [0.1, 0.15) is 71.1 Å². The number of aliphatic hydroxyl groups excluding tert-OH is 3. The molecule has 0 spiro atoms. The molecule has 0 aliphatic rings. The second kappa shape index (κ2) is 23.1. The Kier molecular flexibility index (Phi) is 23.8. The van der Waals surface area contributed by atoms with Gasteiger partial charge in [0.25, 0.3) is 0 Å². The van der Waals surface area contributed by atoms with Crippen molar-refractivity contribution in [2.24, 2.45) is 0 Å². The van der Waals surface area contributed by atoms with Crippen molar-refractivity contribution in [2.45, 2.75) is 71.1 Å². The second-order valence-corrected chi connectivity index (χ2v) is 7.23. The average Bonchev–Trinajstić information content (AvgIpc) is 2.67. The molecule has 0 aliphatic carbocycles. The highest BCUT2D eigenvalue weighted by Crippen LogP contribution is 2.10. The lowest BCUT2D eigenvalue weighted by Crippen LogP contribution is -2.32. The minimum Gasteiger partial charge on any atom is -0.480 e. The van der Waals surface area contributed by atoms with Crippen LogP contribution in [0.25, 0.3) is 0 Å². The summed E-state index contributed by atoms with van der Waals surface area (Å²) in [7, 11) is 1.55. The third-order valence-electron chi connectivity index (χ3n) is 4.54. The van der Waals surface area contributed by atoms with Gasteiger partial charge in [0.05, 0.1) is 19.8 Å². The predicted octanol–water partition coefficient (Wildman–Crippen LogP) is 1.72. The topological polar surface area (TPSA) is 122 Å². The molecule has 8 heteroatoms. The smallest absolute Gasteiger partial charge is 0.323 e. The number of amides is 1. The van der Waals surface area contributed by atoms with E-state index in [0.29, 0.717) is 26.1 Å². The average molecular weight is 421 g/mol. The summed E-state index contributed by atoms with van der Waals surface area (Å²) in [6.45, 7) is 3.78. The first-order chi connectivity index (χ1) is 13.9. The number of aliphatic hydroxyl groups is 3. The number of hydrogen-bond donors (Lipinski definition) is 4. The summed E-state index contributed by atoms with van der Waals surface area (Å²) in [4.78, 5) is 25.1. The van der Waals surface area contributed by atoms with Crippen molar-refractivity contribution in [3.05, 3.63) is 0 Å². The first kappa shape index (κ1) is 30.0. The highest BCUT2D eigenvalue weighted by molar-refractivity contribution is 5.80. The normalized spacial score (nSPS) is 10.6. The Hall–Kier alpha value is -1.22. The van der Waals surface area contributed by atoms with E-state index in [2.05, 4.69) is 6.92 Å². The van der Waals surface area contributed by atoms with Crippen LogP contribution in [-0.2, 0) is 9.59 Å². The van der Waals surface area contributed by atoms with Gasteiger partial charge in [0.2, 0.25) is 5.91 Å². The zero-order valence-electron chi connectivity index (χ0n) is 18.5. The van der Waals surface area contributed by atoms with Crippen molar-refractivity contribution in [1.29, 1.82) is 0 Å². The fourth-order valence-electron chi connectivity index (χ4n) is 2.83. The number of aliphatic carboxylic acids is 1. The summed E-state index contributed by atoms with van der Waals surface area (Å²) < 4.78 is 0. The van der Waals surface area contributed by atoms with Gasteiger partial charge in [0.15, 0.2) is 0 Å². The molecule has 4 N–H and O–H groups in total. The molecule has 0 bridgehead atoms. The van der Waals surface area contributed by atoms with Crippen LogP contribution in [0.4, 0.5) is 0 Å². The maximum Gasteiger partial charge on any atom is 0.323 e. The molecule has 0 fully saturated rings. The number of carbonyl (C=O) groups excluding carboxylic acids is 1. The van der Waals surface area contributed by atoms with Crippen LogP contribution in [-0.4, -0.2) is 95.1 Å². The Balaban J connectivity index is 0. The molecule has 0 aromatic carbocycles. The van der Waals surface area contributed by atoms with Crippen molar-refractivity contribution >= 4 is 11.9 Å². The van der Waals surface area contributed by atoms with E-state index >= 15 is 0 Å². The lowest BCUT2D eigenvalue weighted by molar-refractivity contribution is -0.143. The minimum atomic E-state index is -0.956. The molecule has 0 aromatic heterocycles. The fraction of sp³-hybridized carbons (Fsp3) is 0.905. The maximum absolute atomic E-state index is 11.5. The number of carbonyl (C=O) groups is 2. The molecule has 8 nitrogen and oxygen atoms in total. The third-order valence-corrected chi connectivity index (χ3v) is 4.54. The minimum absolute atomic E-state index is 0.0645. The van der Waals surface area contributed by atoms with Gasteiger partial charge in [-0.05, 0) is 6.42 Å². The standard InChI is InChI=1S/C15H29NO3.C6H15NO3/c1-3-4-5-6-7-8-9-10-11-12-14(17)16(2)13-15(18)19;8-4-1-7(2-5-9)3-6-10/h3-13H2,1-2H3,(H,18,19);8-10H,1-6H2. The van der Waals surface area contributed by atoms with Crippen molar-refractivity contribution < 1.29 is 30.0 Å². The van der Waals surface area contributed by atoms with Gasteiger partial charge in [-0.25, -0.2) is 0 Å². The van der Waals surface area contributed by atoms with E-state index in [1.165, 1.54) is 49.8 Å². The molecule has 1 amide bonds. The van der Waals surface area contributed by atoms with Crippen LogP contribution in [0.5, 0.6) is 0 Å². The van der Waals surface area contributed by atoms with Crippen LogP contribution in [0.15, 0.2) is 0 Å². The number of likely N-dealkylation sites (N-methyl/N-ethyl adjacent to an activating group) is 1. The van der Waals surface area contributed by atoms with E-state index in [1.54, 1.807) is 11.9 Å². The van der Waals surface area contributed by atoms with Gasteiger partial charge in [0.1, 0.15) is 6.54 Å². The molecule has 29 heavy (non-hydrogen) atoms. The van der Waals surface area contributed by atoms with Crippen LogP contribution in [0.2, 0.25) is 0 Å². The van der Waals surface area contributed by atoms with Crippen LogP contribution < -0.4 is 0 Å². The third kappa shape index (κ3) is 22.9. The lowest BCUT2D eigenvalue weighted by atomic mass is 10.1. The van der Waals surface area contributed by atoms with Crippen LogP contribution in [0.3, 0.4) is 0 Å². The Morgan fingerprint density at radius 1 is 0.724 bits per heavy atom. The summed E-state index contributed by atoms with van der Waals surface area (Å²) in [5.74, 6) is -1.02. The number of carboxylic acids is 1. The summed E-state index contributed by atoms with van der Waals surface area (Å²) in [6, 6.07) is 0. The molecule has 0 saturated carbocycles. The Morgan fingerprint density at radius 2 is 1.14 bits per heavy atom. The Bertz CT molecular complexity index is 368. The van der Waals surface area contributed by atoms with E-state index in [-0.39, 0.29) is 32.3 Å². The highest BCUT2D eigenvalue weighted by atomic mass is 16.4. The van der Waals surface area contributed by atoms with E-state index in [9.17, 15) is 9.59 Å². The van der Waals surface area contributed by atoms with Crippen molar-refractivity contribution in [2.75, 3.05) is 53.0 Å². The molecule has 174 valence electrons. The molecular weight excluding hydrogens is 376 g/mol. The summed E-state index contributed by atoms with van der Waals surface area (Å²) >= 11 is 0. The zero-order chi connectivity index (χ0) is 22.3. The highest BCUT2D eigenvalue weighted by Gasteiger charge is 2.11. The van der Waals surface area contributed by atoms with Gasteiger partial charge in [-0.3, -0.25) is 14.5 Å². The van der Waals surface area contributed by atoms with E-state index in [1.807, 2.05) is 0 Å². The van der Waals surface area contributed by atoms with Gasteiger partial charge in [0, 0.05) is 33.1 Å². The molecule has 0 unspecified atom stereocenters. The summed E-state index contributed by atoms with van der Waals surface area (Å²) in [6.07, 6.45) is 11.4. The van der Waals surface area contributed by atoms with Gasteiger partial charge in [-0.1, -0.05) is 58.3 Å². The number of hydrogen-bond acceptors (Lipinski definition) is 6. The number of nitrogens with zero attached hydrogens (tertiary/aromatic N) is 2. The van der Waals surface area contributed by atoms with Gasteiger partial charge in [-0.2, -0.15) is 0 Å². The second-order valence-electron chi connectivity index (χ2n) is 7.23. The van der Waals surface area contributed by atoms with E-state index in [0.717, 1.165) is 12.8 Å². The van der Waals surface area contributed by atoms with Gasteiger partial charge >= 0.3 is 5.97 Å². The Morgan fingerprint density at radius 3 is 1.52 bits per heavy atom.